The van der Waals surface area contributed by atoms with Crippen molar-refractivity contribution in [3.05, 3.63) is 11.5 Å². The Morgan fingerprint density at radius 2 is 2.06 bits per heavy atom. The summed E-state index contributed by atoms with van der Waals surface area (Å²) in [5.74, 6) is 0.805. The average molecular weight is 258 g/mol. The highest BCUT2D eigenvalue weighted by atomic mass is 32.2. The van der Waals surface area contributed by atoms with Gasteiger partial charge in [0.15, 0.2) is 9.84 Å². The van der Waals surface area contributed by atoms with Crippen molar-refractivity contribution < 1.29 is 8.42 Å². The van der Waals surface area contributed by atoms with E-state index in [4.69, 9.17) is 0 Å². The second kappa shape index (κ2) is 4.71. The molecule has 2 heterocycles. The fourth-order valence-corrected chi connectivity index (χ4v) is 4.34. The summed E-state index contributed by atoms with van der Waals surface area (Å²) in [5, 5.41) is 4.72. The predicted molar refractivity (Wildman–Crippen MR) is 69.5 cm³/mol. The van der Waals surface area contributed by atoms with Gasteiger partial charge in [-0.25, -0.2) is 8.42 Å². The number of nitrogens with one attached hydrogen (secondary N) is 1. The van der Waals surface area contributed by atoms with Crippen LogP contribution in [0.3, 0.4) is 0 Å². The van der Waals surface area contributed by atoms with Crippen LogP contribution in [-0.2, 0) is 9.84 Å². The molecule has 0 bridgehead atoms. The molecule has 4 atom stereocenters. The fraction of sp³-hybridized carbons (Fsp3) is 0.833. The fourth-order valence-electron chi connectivity index (χ4n) is 3.03. The number of nitrogens with zero attached hydrogens (tertiary/aromatic N) is 1. The number of piperidine rings is 1. The van der Waals surface area contributed by atoms with Crippen molar-refractivity contribution in [1.29, 1.82) is 0 Å². The summed E-state index contributed by atoms with van der Waals surface area (Å²) in [7, 11) is -0.939. The maximum absolute atomic E-state index is 11.5. The molecule has 0 aromatic rings. The first-order valence-electron chi connectivity index (χ1n) is 6.28. The number of hydrogen-bond acceptors (Lipinski definition) is 4. The van der Waals surface area contributed by atoms with Crippen molar-refractivity contribution in [2.45, 2.75) is 38.4 Å². The summed E-state index contributed by atoms with van der Waals surface area (Å²) in [6.45, 7) is 5.42. The van der Waals surface area contributed by atoms with Crippen LogP contribution in [0.5, 0.6) is 0 Å². The van der Waals surface area contributed by atoms with Crippen LogP contribution in [0.4, 0.5) is 0 Å². The van der Waals surface area contributed by atoms with E-state index in [1.165, 1.54) is 5.41 Å². The standard InChI is InChI=1S/C12H22N2O2S/c1-9-10(2)14(6-4-12(9)13-3)11-5-7-17(15,16)8-11/h5,7,9-13H,4,6,8H2,1-3H3. The summed E-state index contributed by atoms with van der Waals surface area (Å²) >= 11 is 0. The van der Waals surface area contributed by atoms with E-state index in [0.29, 0.717) is 18.0 Å². The van der Waals surface area contributed by atoms with Gasteiger partial charge >= 0.3 is 0 Å². The van der Waals surface area contributed by atoms with E-state index in [-0.39, 0.29) is 11.8 Å². The maximum Gasteiger partial charge on any atom is 0.173 e. The van der Waals surface area contributed by atoms with Crippen molar-refractivity contribution in [2.24, 2.45) is 5.92 Å². The normalized spacial score (nSPS) is 41.8. The summed E-state index contributed by atoms with van der Waals surface area (Å²) in [5.41, 5.74) is 0. The van der Waals surface area contributed by atoms with Gasteiger partial charge in [0.05, 0.1) is 5.75 Å². The van der Waals surface area contributed by atoms with E-state index >= 15 is 0 Å². The molecule has 0 aromatic heterocycles. The first-order valence-corrected chi connectivity index (χ1v) is 8.00. The van der Waals surface area contributed by atoms with Gasteiger partial charge in [0.2, 0.25) is 0 Å². The highest BCUT2D eigenvalue weighted by Crippen LogP contribution is 2.28. The lowest BCUT2D eigenvalue weighted by atomic mass is 9.86. The lowest BCUT2D eigenvalue weighted by Gasteiger charge is -2.44. The zero-order valence-corrected chi connectivity index (χ0v) is 11.6. The van der Waals surface area contributed by atoms with E-state index < -0.39 is 9.84 Å². The Morgan fingerprint density at radius 3 is 2.59 bits per heavy atom. The van der Waals surface area contributed by atoms with Gasteiger partial charge in [-0.3, -0.25) is 4.90 Å². The van der Waals surface area contributed by atoms with Gasteiger partial charge in [-0.2, -0.15) is 0 Å². The lowest BCUT2D eigenvalue weighted by Crippen LogP contribution is -2.55. The molecule has 4 nitrogen and oxygen atoms in total. The molecule has 0 aromatic carbocycles. The van der Waals surface area contributed by atoms with Gasteiger partial charge in [-0.15, -0.1) is 0 Å². The average Bonchev–Trinajstić information content (AvgIpc) is 2.63. The predicted octanol–water partition coefficient (Wildman–Crippen LogP) is 0.615. The minimum absolute atomic E-state index is 0.0789. The topological polar surface area (TPSA) is 49.4 Å². The molecule has 1 N–H and O–H groups in total. The zero-order chi connectivity index (χ0) is 12.6. The molecule has 0 spiro atoms. The maximum atomic E-state index is 11.5. The van der Waals surface area contributed by atoms with Gasteiger partial charge in [0.25, 0.3) is 0 Å². The third-order valence-electron chi connectivity index (χ3n) is 4.32. The molecule has 1 saturated heterocycles. The Morgan fingerprint density at radius 1 is 1.35 bits per heavy atom. The first kappa shape index (κ1) is 13.1. The largest absolute Gasteiger partial charge is 0.317 e. The third-order valence-corrected chi connectivity index (χ3v) is 5.70. The SMILES string of the molecule is CNC1CCN(C2C=CS(=O)(=O)C2)C(C)C1C. The zero-order valence-electron chi connectivity index (χ0n) is 10.8. The van der Waals surface area contributed by atoms with Crippen molar-refractivity contribution in [3.63, 3.8) is 0 Å². The molecule has 2 aliphatic rings. The third kappa shape index (κ3) is 2.56. The summed E-state index contributed by atoms with van der Waals surface area (Å²) in [4.78, 5) is 2.33. The molecule has 2 rings (SSSR count). The molecule has 1 fully saturated rings. The molecule has 5 heteroatoms. The van der Waals surface area contributed by atoms with Crippen LogP contribution < -0.4 is 5.32 Å². The van der Waals surface area contributed by atoms with Crippen LogP contribution in [0.25, 0.3) is 0 Å². The van der Waals surface area contributed by atoms with E-state index in [0.717, 1.165) is 13.0 Å². The van der Waals surface area contributed by atoms with Crippen molar-refractivity contribution in [2.75, 3.05) is 19.3 Å². The molecule has 98 valence electrons. The number of sulfone groups is 1. The Hall–Kier alpha value is -0.390. The number of hydrogen-bond donors (Lipinski definition) is 1. The van der Waals surface area contributed by atoms with Gasteiger partial charge in [0, 0.05) is 30.1 Å². The second-order valence-corrected chi connectivity index (χ2v) is 7.18. The van der Waals surface area contributed by atoms with Crippen LogP contribution in [0.1, 0.15) is 20.3 Å². The second-order valence-electron chi connectivity index (χ2n) is 5.25. The van der Waals surface area contributed by atoms with Gasteiger partial charge in [-0.05, 0) is 26.3 Å². The van der Waals surface area contributed by atoms with Crippen molar-refractivity contribution >= 4 is 9.84 Å². The van der Waals surface area contributed by atoms with E-state index in [1.807, 2.05) is 13.1 Å². The van der Waals surface area contributed by atoms with Gasteiger partial charge in [0.1, 0.15) is 0 Å². The quantitative estimate of drug-likeness (QED) is 0.789. The molecule has 2 aliphatic heterocycles. The highest BCUT2D eigenvalue weighted by molar-refractivity contribution is 7.94. The van der Waals surface area contributed by atoms with Crippen LogP contribution in [0.15, 0.2) is 11.5 Å². The Balaban J connectivity index is 2.07. The monoisotopic (exact) mass is 258 g/mol. The van der Waals surface area contributed by atoms with Crippen molar-refractivity contribution in [1.82, 2.24) is 10.2 Å². The van der Waals surface area contributed by atoms with Crippen LogP contribution in [0, 0.1) is 5.92 Å². The minimum atomic E-state index is -2.94. The summed E-state index contributed by atoms with van der Waals surface area (Å²) in [6.07, 6.45) is 2.94. The number of rotatable bonds is 2. The van der Waals surface area contributed by atoms with Crippen LogP contribution in [-0.4, -0.2) is 50.8 Å². The molecule has 4 unspecified atom stereocenters. The summed E-state index contributed by atoms with van der Waals surface area (Å²) in [6, 6.07) is 1.04. The Labute approximate surface area is 104 Å². The highest BCUT2D eigenvalue weighted by Gasteiger charge is 2.37. The Kier molecular flexibility index (Phi) is 3.61. The molecule has 0 aliphatic carbocycles. The molecular weight excluding hydrogens is 236 g/mol. The Bertz CT molecular complexity index is 405. The van der Waals surface area contributed by atoms with E-state index in [1.54, 1.807) is 0 Å². The van der Waals surface area contributed by atoms with Crippen LogP contribution >= 0.6 is 0 Å². The van der Waals surface area contributed by atoms with E-state index in [9.17, 15) is 8.42 Å². The van der Waals surface area contributed by atoms with Gasteiger partial charge < -0.3 is 5.32 Å². The molecule has 0 amide bonds. The minimum Gasteiger partial charge on any atom is -0.317 e. The molecular formula is C12H22N2O2S. The van der Waals surface area contributed by atoms with Crippen molar-refractivity contribution in [3.8, 4) is 0 Å². The van der Waals surface area contributed by atoms with E-state index in [2.05, 4.69) is 24.1 Å². The molecule has 0 saturated carbocycles. The molecule has 17 heavy (non-hydrogen) atoms. The number of likely N-dealkylation sites (tertiary alicyclic amines) is 1. The smallest absolute Gasteiger partial charge is 0.173 e. The lowest BCUT2D eigenvalue weighted by molar-refractivity contribution is 0.0722. The van der Waals surface area contributed by atoms with Crippen LogP contribution in [0.2, 0.25) is 0 Å². The molecule has 0 radical (unpaired) electrons. The summed E-state index contributed by atoms with van der Waals surface area (Å²) < 4.78 is 22.9. The first-order chi connectivity index (χ1) is 7.94. The van der Waals surface area contributed by atoms with Gasteiger partial charge in [-0.1, -0.05) is 13.0 Å².